The number of anilines is 1. The minimum absolute atomic E-state index is 0.00813. The summed E-state index contributed by atoms with van der Waals surface area (Å²) in [6, 6.07) is 1.82. The lowest BCUT2D eigenvalue weighted by molar-refractivity contribution is -0.125. The lowest BCUT2D eigenvalue weighted by atomic mass is 10.1. The molecule has 0 saturated heterocycles. The van der Waals surface area contributed by atoms with Gasteiger partial charge in [-0.1, -0.05) is 26.2 Å². The van der Waals surface area contributed by atoms with Crippen molar-refractivity contribution in [3.8, 4) is 6.07 Å². The fraction of sp³-hybridized carbons (Fsp3) is 0.571. The molecule has 0 aromatic carbocycles. The molecule has 0 aliphatic heterocycles. The van der Waals surface area contributed by atoms with E-state index in [0.717, 1.165) is 25.7 Å². The molecule has 1 aromatic rings. The molecule has 1 heterocycles. The maximum absolute atomic E-state index is 11.7. The Balaban J connectivity index is 2.39. The third-order valence-corrected chi connectivity index (χ3v) is 2.76. The first-order valence-corrected chi connectivity index (χ1v) is 6.76. The molecule has 0 atom stereocenters. The van der Waals surface area contributed by atoms with Gasteiger partial charge in [0.15, 0.2) is 5.89 Å². The highest BCUT2D eigenvalue weighted by Gasteiger charge is 2.15. The van der Waals surface area contributed by atoms with Gasteiger partial charge in [-0.05, 0) is 6.42 Å². The third kappa shape index (κ3) is 5.22. The smallest absolute Gasteiger partial charge is 0.238 e. The van der Waals surface area contributed by atoms with Crippen LogP contribution in [-0.4, -0.2) is 16.7 Å². The number of hydrogen-bond acceptors (Lipinski definition) is 5. The molecule has 6 nitrogen and oxygen atoms in total. The number of carbonyl (C=O) groups excluding carboxylic acids is 2. The molecule has 0 unspecified atom stereocenters. The van der Waals surface area contributed by atoms with Crippen molar-refractivity contribution in [2.75, 3.05) is 5.32 Å². The number of Topliss-reactive ketones (excluding diaryl/α,β-unsaturated/α-hetero) is 1. The van der Waals surface area contributed by atoms with Gasteiger partial charge in [-0.15, -0.1) is 0 Å². The number of unbranched alkanes of at least 4 members (excludes halogenated alkanes) is 3. The number of nitriles is 1. The van der Waals surface area contributed by atoms with E-state index in [1.165, 1.54) is 0 Å². The molecule has 20 heavy (non-hydrogen) atoms. The van der Waals surface area contributed by atoms with E-state index < -0.39 is 5.91 Å². The van der Waals surface area contributed by atoms with Crippen molar-refractivity contribution in [1.29, 1.82) is 5.26 Å². The van der Waals surface area contributed by atoms with Crippen LogP contribution in [0, 0.1) is 18.3 Å². The molecule has 0 spiro atoms. The van der Waals surface area contributed by atoms with Crippen LogP contribution in [0.4, 0.5) is 5.88 Å². The number of aromatic nitrogens is 1. The zero-order valence-electron chi connectivity index (χ0n) is 11.9. The molecular weight excluding hydrogens is 258 g/mol. The fourth-order valence-electron chi connectivity index (χ4n) is 1.77. The Labute approximate surface area is 118 Å². The van der Waals surface area contributed by atoms with Gasteiger partial charge in [0, 0.05) is 13.3 Å². The molecule has 0 bridgehead atoms. The van der Waals surface area contributed by atoms with E-state index in [1.54, 1.807) is 6.92 Å². The van der Waals surface area contributed by atoms with Gasteiger partial charge in [-0.25, -0.2) is 4.98 Å². The van der Waals surface area contributed by atoms with Gasteiger partial charge >= 0.3 is 0 Å². The average molecular weight is 277 g/mol. The molecule has 1 aromatic heterocycles. The monoisotopic (exact) mass is 277 g/mol. The Morgan fingerprint density at radius 3 is 2.75 bits per heavy atom. The lowest BCUT2D eigenvalue weighted by Crippen LogP contribution is -2.16. The summed E-state index contributed by atoms with van der Waals surface area (Å²) in [5.41, 5.74) is 0.0197. The molecule has 0 aliphatic carbocycles. The average Bonchev–Trinajstić information content (AvgIpc) is 2.74. The summed E-state index contributed by atoms with van der Waals surface area (Å²) < 4.78 is 5.09. The van der Waals surface area contributed by atoms with Crippen LogP contribution in [0.1, 0.15) is 57.0 Å². The summed E-state index contributed by atoms with van der Waals surface area (Å²) in [5.74, 6) is -0.275. The molecule has 1 amide bonds. The van der Waals surface area contributed by atoms with Crippen molar-refractivity contribution < 1.29 is 14.0 Å². The first-order chi connectivity index (χ1) is 9.56. The minimum Gasteiger partial charge on any atom is -0.424 e. The number of ketones is 1. The Hall–Kier alpha value is -2.16. The summed E-state index contributed by atoms with van der Waals surface area (Å²) in [6.45, 7) is 3.68. The number of oxazole rings is 1. The van der Waals surface area contributed by atoms with Crippen LogP contribution in [0.25, 0.3) is 0 Å². The zero-order valence-corrected chi connectivity index (χ0v) is 11.9. The maximum atomic E-state index is 11.7. The van der Waals surface area contributed by atoms with Crippen molar-refractivity contribution in [2.24, 2.45) is 0 Å². The summed E-state index contributed by atoms with van der Waals surface area (Å²) >= 11 is 0. The van der Waals surface area contributed by atoms with Crippen molar-refractivity contribution in [1.82, 2.24) is 4.98 Å². The predicted octanol–water partition coefficient (Wildman–Crippen LogP) is 2.72. The van der Waals surface area contributed by atoms with E-state index in [-0.39, 0.29) is 23.8 Å². The molecule has 108 valence electrons. The highest BCUT2D eigenvalue weighted by atomic mass is 16.4. The number of rotatable bonds is 8. The predicted molar refractivity (Wildman–Crippen MR) is 73.0 cm³/mol. The maximum Gasteiger partial charge on any atom is 0.238 e. The highest BCUT2D eigenvalue weighted by Crippen LogP contribution is 2.16. The van der Waals surface area contributed by atoms with E-state index in [1.807, 2.05) is 6.07 Å². The number of carbonyl (C=O) groups is 2. The van der Waals surface area contributed by atoms with Gasteiger partial charge in [0.1, 0.15) is 11.9 Å². The van der Waals surface area contributed by atoms with Crippen LogP contribution in [0.5, 0.6) is 0 Å². The Morgan fingerprint density at radius 1 is 1.35 bits per heavy atom. The first-order valence-electron chi connectivity index (χ1n) is 6.76. The van der Waals surface area contributed by atoms with E-state index in [2.05, 4.69) is 17.2 Å². The van der Waals surface area contributed by atoms with E-state index in [9.17, 15) is 9.59 Å². The van der Waals surface area contributed by atoms with Crippen molar-refractivity contribution >= 4 is 17.6 Å². The standard InChI is InChI=1S/C14H19N3O3/c1-3-4-5-6-7-11(18)8-13(19)17-14-12(9-15)16-10(2)20-14/h3-8H2,1-2H3,(H,17,19). The van der Waals surface area contributed by atoms with Crippen molar-refractivity contribution in [3.05, 3.63) is 11.6 Å². The van der Waals surface area contributed by atoms with Gasteiger partial charge in [0.25, 0.3) is 0 Å². The molecule has 1 N–H and O–H groups in total. The van der Waals surface area contributed by atoms with Crippen LogP contribution in [0.3, 0.4) is 0 Å². The number of hydrogen-bond donors (Lipinski definition) is 1. The molecule has 0 radical (unpaired) electrons. The van der Waals surface area contributed by atoms with Crippen LogP contribution in [0.15, 0.2) is 4.42 Å². The third-order valence-electron chi connectivity index (χ3n) is 2.76. The number of amides is 1. The molecular formula is C14H19N3O3. The van der Waals surface area contributed by atoms with Gasteiger partial charge in [0.2, 0.25) is 17.5 Å². The van der Waals surface area contributed by atoms with Crippen molar-refractivity contribution in [3.63, 3.8) is 0 Å². The molecule has 0 saturated carbocycles. The van der Waals surface area contributed by atoms with E-state index >= 15 is 0 Å². The summed E-state index contributed by atoms with van der Waals surface area (Å²) in [4.78, 5) is 27.1. The summed E-state index contributed by atoms with van der Waals surface area (Å²) in [7, 11) is 0. The van der Waals surface area contributed by atoms with Crippen molar-refractivity contribution in [2.45, 2.75) is 52.4 Å². The van der Waals surface area contributed by atoms with Crippen LogP contribution in [0.2, 0.25) is 0 Å². The van der Waals surface area contributed by atoms with Gasteiger partial charge in [-0.3, -0.25) is 14.9 Å². The first kappa shape index (κ1) is 15.9. The highest BCUT2D eigenvalue weighted by molar-refractivity contribution is 6.04. The SMILES string of the molecule is CCCCCCC(=O)CC(=O)Nc1oc(C)nc1C#N. The fourth-order valence-corrected chi connectivity index (χ4v) is 1.77. The Morgan fingerprint density at radius 2 is 2.10 bits per heavy atom. The second-order valence-electron chi connectivity index (χ2n) is 4.60. The lowest BCUT2D eigenvalue weighted by Gasteiger charge is -2.02. The topological polar surface area (TPSA) is 96.0 Å². The molecule has 6 heteroatoms. The second-order valence-corrected chi connectivity index (χ2v) is 4.60. The Bertz CT molecular complexity index is 514. The number of aryl methyl sites for hydroxylation is 1. The van der Waals surface area contributed by atoms with Crippen LogP contribution < -0.4 is 5.32 Å². The molecule has 0 fully saturated rings. The van der Waals surface area contributed by atoms with Gasteiger partial charge in [-0.2, -0.15) is 5.26 Å². The van der Waals surface area contributed by atoms with Crippen LogP contribution in [-0.2, 0) is 9.59 Å². The molecule has 1 rings (SSSR count). The van der Waals surface area contributed by atoms with E-state index in [4.69, 9.17) is 9.68 Å². The van der Waals surface area contributed by atoms with Gasteiger partial charge in [0.05, 0.1) is 6.42 Å². The number of nitrogens with one attached hydrogen (secondary N) is 1. The summed E-state index contributed by atoms with van der Waals surface area (Å²) in [5, 5.41) is 11.2. The van der Waals surface area contributed by atoms with E-state index in [0.29, 0.717) is 12.3 Å². The minimum atomic E-state index is -0.474. The number of nitrogens with zero attached hydrogens (tertiary/aromatic N) is 2. The molecule has 0 aliphatic rings. The Kier molecular flexibility index (Phi) is 6.44. The van der Waals surface area contributed by atoms with Gasteiger partial charge < -0.3 is 4.42 Å². The second kappa shape index (κ2) is 8.10. The summed E-state index contributed by atoms with van der Waals surface area (Å²) in [6.07, 6.45) is 4.23. The largest absolute Gasteiger partial charge is 0.424 e. The normalized spacial score (nSPS) is 10.1. The van der Waals surface area contributed by atoms with Crippen LogP contribution >= 0.6 is 0 Å². The zero-order chi connectivity index (χ0) is 15.0. The quantitative estimate of drug-likeness (QED) is 0.582.